The number of carbonyl (C=O) groups is 2. The van der Waals surface area contributed by atoms with E-state index in [-0.39, 0.29) is 24.1 Å². The highest BCUT2D eigenvalue weighted by Crippen LogP contribution is 1.87. The molecule has 0 aromatic rings. The molecule has 0 aliphatic carbocycles. The molecular formula is C8H16N2O2S. The Kier molecular flexibility index (Phi) is 6.40. The normalized spacial score (nSPS) is 9.46. The average molecular weight is 204 g/mol. The highest BCUT2D eigenvalue weighted by molar-refractivity contribution is 7.81. The molecule has 0 aromatic heterocycles. The molecule has 0 spiro atoms. The van der Waals surface area contributed by atoms with Crippen LogP contribution in [0, 0.1) is 0 Å². The van der Waals surface area contributed by atoms with E-state index in [4.69, 9.17) is 0 Å². The van der Waals surface area contributed by atoms with Crippen molar-refractivity contribution in [3.05, 3.63) is 0 Å². The van der Waals surface area contributed by atoms with Gasteiger partial charge in [0.15, 0.2) is 0 Å². The second-order valence-electron chi connectivity index (χ2n) is 2.76. The molecule has 0 unspecified atom stereocenters. The Morgan fingerprint density at radius 3 is 2.54 bits per heavy atom. The largest absolute Gasteiger partial charge is 0.355 e. The van der Waals surface area contributed by atoms with E-state index in [0.29, 0.717) is 6.54 Å². The van der Waals surface area contributed by atoms with Gasteiger partial charge in [0.2, 0.25) is 11.8 Å². The predicted molar refractivity (Wildman–Crippen MR) is 54.8 cm³/mol. The van der Waals surface area contributed by atoms with Crippen LogP contribution in [0.1, 0.15) is 13.3 Å². The third-order valence-corrected chi connectivity index (χ3v) is 1.78. The van der Waals surface area contributed by atoms with Crippen molar-refractivity contribution in [3.8, 4) is 0 Å². The second-order valence-corrected chi connectivity index (χ2v) is 3.07. The first-order valence-electron chi connectivity index (χ1n) is 4.23. The number of likely N-dealkylation sites (N-methyl/N-ethyl adjacent to an activating group) is 1. The van der Waals surface area contributed by atoms with Gasteiger partial charge in [0.25, 0.3) is 0 Å². The molecule has 0 atom stereocenters. The Bertz CT molecular complexity index is 185. The highest BCUT2D eigenvalue weighted by Gasteiger charge is 2.09. The Labute approximate surface area is 84.1 Å². The van der Waals surface area contributed by atoms with Crippen LogP contribution in [0.15, 0.2) is 0 Å². The molecule has 5 heteroatoms. The maximum atomic E-state index is 11.1. The molecule has 0 fully saturated rings. The monoisotopic (exact) mass is 204 g/mol. The van der Waals surface area contributed by atoms with E-state index in [2.05, 4.69) is 17.9 Å². The number of amides is 2. The SMILES string of the molecule is CCCNC(=O)CN(C)C(=O)CS. The van der Waals surface area contributed by atoms with Gasteiger partial charge in [0.05, 0.1) is 12.3 Å². The lowest BCUT2D eigenvalue weighted by molar-refractivity contribution is -0.132. The maximum absolute atomic E-state index is 11.1. The number of carbonyl (C=O) groups excluding carboxylic acids is 2. The molecule has 0 aliphatic rings. The molecular weight excluding hydrogens is 188 g/mol. The molecule has 76 valence electrons. The van der Waals surface area contributed by atoms with Gasteiger partial charge < -0.3 is 10.2 Å². The van der Waals surface area contributed by atoms with E-state index in [1.54, 1.807) is 7.05 Å². The fourth-order valence-electron chi connectivity index (χ4n) is 0.745. The molecule has 0 bridgehead atoms. The summed E-state index contributed by atoms with van der Waals surface area (Å²) in [6, 6.07) is 0. The molecule has 1 N–H and O–H groups in total. The Morgan fingerprint density at radius 2 is 2.08 bits per heavy atom. The lowest BCUT2D eigenvalue weighted by Gasteiger charge is -2.15. The maximum Gasteiger partial charge on any atom is 0.239 e. The van der Waals surface area contributed by atoms with Crippen LogP contribution in [0.5, 0.6) is 0 Å². The minimum atomic E-state index is -0.144. The predicted octanol–water partition coefficient (Wildman–Crippen LogP) is -0.0992. The van der Waals surface area contributed by atoms with E-state index in [9.17, 15) is 9.59 Å². The van der Waals surface area contributed by atoms with Crippen molar-refractivity contribution in [2.75, 3.05) is 25.9 Å². The minimum Gasteiger partial charge on any atom is -0.355 e. The third kappa shape index (κ3) is 5.52. The number of hydrogen-bond donors (Lipinski definition) is 2. The summed E-state index contributed by atoms with van der Waals surface area (Å²) in [5.74, 6) is -0.133. The first-order chi connectivity index (χ1) is 6.11. The van der Waals surface area contributed by atoms with Gasteiger partial charge in [-0.3, -0.25) is 9.59 Å². The van der Waals surface area contributed by atoms with Crippen LogP contribution in [-0.4, -0.2) is 42.6 Å². The van der Waals surface area contributed by atoms with Gasteiger partial charge in [-0.2, -0.15) is 12.6 Å². The lowest BCUT2D eigenvalue weighted by Crippen LogP contribution is -2.39. The zero-order valence-corrected chi connectivity index (χ0v) is 8.93. The van der Waals surface area contributed by atoms with Crippen molar-refractivity contribution in [1.82, 2.24) is 10.2 Å². The van der Waals surface area contributed by atoms with E-state index in [1.165, 1.54) is 4.90 Å². The van der Waals surface area contributed by atoms with E-state index < -0.39 is 0 Å². The third-order valence-electron chi connectivity index (χ3n) is 1.51. The number of nitrogens with zero attached hydrogens (tertiary/aromatic N) is 1. The first kappa shape index (κ1) is 12.3. The van der Waals surface area contributed by atoms with E-state index >= 15 is 0 Å². The molecule has 0 saturated heterocycles. The zero-order chi connectivity index (χ0) is 10.3. The number of nitrogens with one attached hydrogen (secondary N) is 1. The lowest BCUT2D eigenvalue weighted by atomic mass is 10.4. The van der Waals surface area contributed by atoms with Gasteiger partial charge in [-0.15, -0.1) is 0 Å². The Morgan fingerprint density at radius 1 is 1.46 bits per heavy atom. The summed E-state index contributed by atoms with van der Waals surface area (Å²) in [6.45, 7) is 2.74. The fraction of sp³-hybridized carbons (Fsp3) is 0.750. The van der Waals surface area contributed by atoms with Crippen LogP contribution in [0.2, 0.25) is 0 Å². The van der Waals surface area contributed by atoms with Gasteiger partial charge in [-0.25, -0.2) is 0 Å². The molecule has 0 saturated carbocycles. The molecule has 13 heavy (non-hydrogen) atoms. The summed E-state index contributed by atoms with van der Waals surface area (Å²) in [4.78, 5) is 23.5. The summed E-state index contributed by atoms with van der Waals surface area (Å²) in [5, 5.41) is 2.68. The first-order valence-corrected chi connectivity index (χ1v) is 4.86. The van der Waals surface area contributed by atoms with Crippen molar-refractivity contribution in [2.24, 2.45) is 0 Å². The van der Waals surface area contributed by atoms with Gasteiger partial charge in [-0.05, 0) is 6.42 Å². The Hall–Kier alpha value is -0.710. The summed E-state index contributed by atoms with van der Waals surface area (Å²) < 4.78 is 0. The van der Waals surface area contributed by atoms with Crippen molar-refractivity contribution >= 4 is 24.4 Å². The van der Waals surface area contributed by atoms with Crippen molar-refractivity contribution < 1.29 is 9.59 Å². The Balaban J connectivity index is 3.71. The quantitative estimate of drug-likeness (QED) is 0.614. The zero-order valence-electron chi connectivity index (χ0n) is 8.04. The molecule has 0 aromatic carbocycles. The van der Waals surface area contributed by atoms with E-state index in [0.717, 1.165) is 6.42 Å². The standard InChI is InChI=1S/C8H16N2O2S/c1-3-4-9-7(11)5-10(2)8(12)6-13/h13H,3-6H2,1-2H3,(H,9,11). The molecule has 2 amide bonds. The molecule has 0 aliphatic heterocycles. The van der Waals surface area contributed by atoms with Gasteiger partial charge >= 0.3 is 0 Å². The number of rotatable bonds is 5. The van der Waals surface area contributed by atoms with Crippen molar-refractivity contribution in [2.45, 2.75) is 13.3 Å². The van der Waals surface area contributed by atoms with Crippen LogP contribution in [-0.2, 0) is 9.59 Å². The van der Waals surface area contributed by atoms with Crippen molar-refractivity contribution in [3.63, 3.8) is 0 Å². The van der Waals surface area contributed by atoms with Crippen LogP contribution in [0.25, 0.3) is 0 Å². The summed E-state index contributed by atoms with van der Waals surface area (Å²) in [5.41, 5.74) is 0. The average Bonchev–Trinajstić information content (AvgIpc) is 2.13. The van der Waals surface area contributed by atoms with E-state index in [1.807, 2.05) is 6.92 Å². The summed E-state index contributed by atoms with van der Waals surface area (Å²) >= 11 is 3.82. The molecule has 0 heterocycles. The molecule has 0 rings (SSSR count). The van der Waals surface area contributed by atoms with Gasteiger partial charge in [-0.1, -0.05) is 6.92 Å². The van der Waals surface area contributed by atoms with Gasteiger partial charge in [0, 0.05) is 13.6 Å². The summed E-state index contributed by atoms with van der Waals surface area (Å²) in [7, 11) is 1.59. The van der Waals surface area contributed by atoms with Crippen molar-refractivity contribution in [1.29, 1.82) is 0 Å². The minimum absolute atomic E-state index is 0.111. The highest BCUT2D eigenvalue weighted by atomic mass is 32.1. The van der Waals surface area contributed by atoms with Crippen LogP contribution >= 0.6 is 12.6 Å². The molecule has 0 radical (unpaired) electrons. The molecule has 4 nitrogen and oxygen atoms in total. The number of hydrogen-bond acceptors (Lipinski definition) is 3. The van der Waals surface area contributed by atoms with Crippen LogP contribution in [0.4, 0.5) is 0 Å². The topological polar surface area (TPSA) is 49.4 Å². The second kappa shape index (κ2) is 6.77. The van der Waals surface area contributed by atoms with Crippen LogP contribution in [0.3, 0.4) is 0 Å². The van der Waals surface area contributed by atoms with Gasteiger partial charge in [0.1, 0.15) is 0 Å². The van der Waals surface area contributed by atoms with Crippen LogP contribution < -0.4 is 5.32 Å². The fourth-order valence-corrected chi connectivity index (χ4v) is 0.986. The number of thiol groups is 1. The summed E-state index contributed by atoms with van der Waals surface area (Å²) in [6.07, 6.45) is 0.899. The smallest absolute Gasteiger partial charge is 0.239 e.